The fourth-order valence-corrected chi connectivity index (χ4v) is 2.10. The number of hydrogen-bond acceptors (Lipinski definition) is 3. The van der Waals surface area contributed by atoms with E-state index in [9.17, 15) is 0 Å². The van der Waals surface area contributed by atoms with Crippen LogP contribution < -0.4 is 10.1 Å². The Bertz CT molecular complexity index is 623. The summed E-state index contributed by atoms with van der Waals surface area (Å²) in [6, 6.07) is 15.0. The van der Waals surface area contributed by atoms with Crippen LogP contribution in [0.25, 0.3) is 0 Å². The van der Waals surface area contributed by atoms with Crippen LogP contribution in [0.4, 0.5) is 5.69 Å². The zero-order chi connectivity index (χ0) is 14.4. The van der Waals surface area contributed by atoms with E-state index < -0.39 is 0 Å². The largest absolute Gasteiger partial charge is 0.492 e. The van der Waals surface area contributed by atoms with Crippen molar-refractivity contribution in [3.05, 3.63) is 57.5 Å². The number of rotatable bonds is 5. The summed E-state index contributed by atoms with van der Waals surface area (Å²) in [5.41, 5.74) is 1.34. The van der Waals surface area contributed by atoms with E-state index in [1.165, 1.54) is 0 Å². The van der Waals surface area contributed by atoms with E-state index in [-0.39, 0.29) is 0 Å². The zero-order valence-corrected chi connectivity index (χ0v) is 12.9. The van der Waals surface area contributed by atoms with Gasteiger partial charge in [0.05, 0.1) is 10.6 Å². The van der Waals surface area contributed by atoms with Gasteiger partial charge in [-0.1, -0.05) is 27.5 Å². The SMILES string of the molecule is N#Cc1ccc(NCCOc2ccc(Br)cc2)cc1Cl. The molecule has 0 saturated carbocycles. The van der Waals surface area contributed by atoms with E-state index in [4.69, 9.17) is 21.6 Å². The summed E-state index contributed by atoms with van der Waals surface area (Å²) in [5, 5.41) is 12.4. The van der Waals surface area contributed by atoms with E-state index >= 15 is 0 Å². The molecule has 0 aliphatic heterocycles. The summed E-state index contributed by atoms with van der Waals surface area (Å²) in [4.78, 5) is 0. The van der Waals surface area contributed by atoms with E-state index in [1.54, 1.807) is 12.1 Å². The van der Waals surface area contributed by atoms with Crippen LogP contribution in [0, 0.1) is 11.3 Å². The van der Waals surface area contributed by atoms with Gasteiger partial charge < -0.3 is 10.1 Å². The molecule has 1 N–H and O–H groups in total. The van der Waals surface area contributed by atoms with Crippen LogP contribution in [0.3, 0.4) is 0 Å². The van der Waals surface area contributed by atoms with Gasteiger partial charge in [-0.3, -0.25) is 0 Å². The molecule has 0 saturated heterocycles. The maximum absolute atomic E-state index is 8.79. The van der Waals surface area contributed by atoms with Crippen LogP contribution in [-0.4, -0.2) is 13.2 Å². The second-order valence-electron chi connectivity index (χ2n) is 4.04. The van der Waals surface area contributed by atoms with Gasteiger partial charge >= 0.3 is 0 Å². The number of nitrogens with zero attached hydrogens (tertiary/aromatic N) is 1. The van der Waals surface area contributed by atoms with Crippen molar-refractivity contribution in [1.82, 2.24) is 0 Å². The van der Waals surface area contributed by atoms with Crippen LogP contribution in [0.1, 0.15) is 5.56 Å². The number of ether oxygens (including phenoxy) is 1. The fraction of sp³-hybridized carbons (Fsp3) is 0.133. The smallest absolute Gasteiger partial charge is 0.119 e. The molecule has 0 heterocycles. The first-order chi connectivity index (χ1) is 9.69. The van der Waals surface area contributed by atoms with Crippen molar-refractivity contribution in [2.75, 3.05) is 18.5 Å². The highest BCUT2D eigenvalue weighted by molar-refractivity contribution is 9.10. The Hall–Kier alpha value is -1.70. The monoisotopic (exact) mass is 350 g/mol. The highest BCUT2D eigenvalue weighted by atomic mass is 79.9. The fourth-order valence-electron chi connectivity index (χ4n) is 1.61. The van der Waals surface area contributed by atoms with Gasteiger partial charge in [0.15, 0.2) is 0 Å². The van der Waals surface area contributed by atoms with Crippen molar-refractivity contribution < 1.29 is 4.74 Å². The Balaban J connectivity index is 1.80. The standard InChI is InChI=1S/C15H12BrClN2O/c16-12-2-5-14(6-3-12)20-8-7-19-13-4-1-11(10-18)15(17)9-13/h1-6,9,19H,7-8H2. The Morgan fingerprint density at radius 3 is 2.60 bits per heavy atom. The molecule has 0 spiro atoms. The molecule has 0 unspecified atom stereocenters. The average molecular weight is 352 g/mol. The van der Waals surface area contributed by atoms with Gasteiger partial charge in [-0.15, -0.1) is 0 Å². The van der Waals surface area contributed by atoms with Crippen molar-refractivity contribution in [1.29, 1.82) is 5.26 Å². The molecule has 102 valence electrons. The molecule has 0 aliphatic rings. The summed E-state index contributed by atoms with van der Waals surface area (Å²) in [6.07, 6.45) is 0. The predicted molar refractivity (Wildman–Crippen MR) is 84.3 cm³/mol. The van der Waals surface area contributed by atoms with Crippen molar-refractivity contribution >= 4 is 33.2 Å². The molecule has 0 fully saturated rings. The molecule has 0 aromatic heterocycles. The second-order valence-corrected chi connectivity index (χ2v) is 5.36. The Labute approximate surface area is 131 Å². The lowest BCUT2D eigenvalue weighted by molar-refractivity contribution is 0.333. The molecule has 0 radical (unpaired) electrons. The molecular weight excluding hydrogens is 340 g/mol. The lowest BCUT2D eigenvalue weighted by Gasteiger charge is -2.09. The molecule has 3 nitrogen and oxygen atoms in total. The second kappa shape index (κ2) is 7.18. The summed E-state index contributed by atoms with van der Waals surface area (Å²) >= 11 is 9.33. The van der Waals surface area contributed by atoms with Crippen molar-refractivity contribution in [2.45, 2.75) is 0 Å². The number of hydrogen-bond donors (Lipinski definition) is 1. The van der Waals surface area contributed by atoms with Gasteiger partial charge in [0.25, 0.3) is 0 Å². The van der Waals surface area contributed by atoms with Gasteiger partial charge in [0, 0.05) is 16.7 Å². The Morgan fingerprint density at radius 1 is 1.20 bits per heavy atom. The highest BCUT2D eigenvalue weighted by Gasteiger charge is 2.00. The van der Waals surface area contributed by atoms with Crippen LogP contribution >= 0.6 is 27.5 Å². The lowest BCUT2D eigenvalue weighted by atomic mass is 10.2. The van der Waals surface area contributed by atoms with E-state index in [2.05, 4.69) is 21.2 Å². The average Bonchev–Trinajstić information content (AvgIpc) is 2.46. The Kier molecular flexibility index (Phi) is 5.28. The molecule has 5 heteroatoms. The topological polar surface area (TPSA) is 45.0 Å². The molecule has 2 aromatic rings. The van der Waals surface area contributed by atoms with Crippen molar-refractivity contribution in [2.24, 2.45) is 0 Å². The Morgan fingerprint density at radius 2 is 1.95 bits per heavy atom. The van der Waals surface area contributed by atoms with Gasteiger partial charge in [0.2, 0.25) is 0 Å². The third-order valence-electron chi connectivity index (χ3n) is 2.60. The number of anilines is 1. The summed E-state index contributed by atoms with van der Waals surface area (Å²) in [6.45, 7) is 1.19. The minimum atomic E-state index is 0.450. The predicted octanol–water partition coefficient (Wildman–Crippen LogP) is 4.47. The van der Waals surface area contributed by atoms with E-state index in [0.29, 0.717) is 23.7 Å². The molecule has 20 heavy (non-hydrogen) atoms. The minimum Gasteiger partial charge on any atom is -0.492 e. The lowest BCUT2D eigenvalue weighted by Crippen LogP contribution is -2.11. The van der Waals surface area contributed by atoms with Gasteiger partial charge in [-0.25, -0.2) is 0 Å². The molecule has 0 aliphatic carbocycles. The maximum Gasteiger partial charge on any atom is 0.119 e. The highest BCUT2D eigenvalue weighted by Crippen LogP contribution is 2.20. The summed E-state index contributed by atoms with van der Waals surface area (Å²) in [7, 11) is 0. The first-order valence-electron chi connectivity index (χ1n) is 6.01. The number of halogens is 2. The van der Waals surface area contributed by atoms with E-state index in [1.807, 2.05) is 36.4 Å². The normalized spacial score (nSPS) is 9.85. The minimum absolute atomic E-state index is 0.450. The van der Waals surface area contributed by atoms with Crippen LogP contribution in [-0.2, 0) is 0 Å². The molecular formula is C15H12BrClN2O. The third kappa shape index (κ3) is 4.16. The maximum atomic E-state index is 8.79. The first-order valence-corrected chi connectivity index (χ1v) is 7.18. The quantitative estimate of drug-likeness (QED) is 0.809. The third-order valence-corrected chi connectivity index (χ3v) is 3.44. The molecule has 0 atom stereocenters. The number of nitriles is 1. The van der Waals surface area contributed by atoms with Crippen LogP contribution in [0.15, 0.2) is 46.9 Å². The first kappa shape index (κ1) is 14.7. The van der Waals surface area contributed by atoms with Crippen LogP contribution in [0.5, 0.6) is 5.75 Å². The number of benzene rings is 2. The van der Waals surface area contributed by atoms with Gasteiger partial charge in [0.1, 0.15) is 18.4 Å². The van der Waals surface area contributed by atoms with Crippen molar-refractivity contribution in [3.63, 3.8) is 0 Å². The molecule has 0 bridgehead atoms. The van der Waals surface area contributed by atoms with Crippen molar-refractivity contribution in [3.8, 4) is 11.8 Å². The van der Waals surface area contributed by atoms with Crippen LogP contribution in [0.2, 0.25) is 5.02 Å². The van der Waals surface area contributed by atoms with E-state index in [0.717, 1.165) is 15.9 Å². The van der Waals surface area contributed by atoms with Gasteiger partial charge in [-0.2, -0.15) is 5.26 Å². The zero-order valence-electron chi connectivity index (χ0n) is 10.6. The molecule has 0 amide bonds. The number of nitrogens with one attached hydrogen (secondary N) is 1. The molecule has 2 rings (SSSR count). The van der Waals surface area contributed by atoms with Gasteiger partial charge in [-0.05, 0) is 42.5 Å². The summed E-state index contributed by atoms with van der Waals surface area (Å²) in [5.74, 6) is 0.827. The molecule has 2 aromatic carbocycles. The summed E-state index contributed by atoms with van der Waals surface area (Å²) < 4.78 is 6.61.